The molecule has 1 aliphatic carbocycles. The van der Waals surface area contributed by atoms with Crippen molar-refractivity contribution in [2.24, 2.45) is 5.92 Å². The van der Waals surface area contributed by atoms with Gasteiger partial charge in [0, 0.05) is 31.7 Å². The summed E-state index contributed by atoms with van der Waals surface area (Å²) in [4.78, 5) is 26.0. The van der Waals surface area contributed by atoms with Crippen LogP contribution in [0, 0.1) is 5.92 Å². The van der Waals surface area contributed by atoms with E-state index in [0.717, 1.165) is 45.2 Å². The number of anilines is 1. The first-order chi connectivity index (χ1) is 12.2. The highest BCUT2D eigenvalue weighted by Crippen LogP contribution is 2.32. The number of hydrogen-bond donors (Lipinski definition) is 1. The Balaban J connectivity index is 1.54. The van der Waals surface area contributed by atoms with Gasteiger partial charge in [-0.15, -0.1) is 0 Å². The summed E-state index contributed by atoms with van der Waals surface area (Å²) >= 11 is 0. The van der Waals surface area contributed by atoms with E-state index in [1.54, 1.807) is 12.3 Å². The second-order valence-electron chi connectivity index (χ2n) is 7.24. The number of ether oxygens (including phenoxy) is 1. The summed E-state index contributed by atoms with van der Waals surface area (Å²) in [6, 6.07) is 1.63. The predicted molar refractivity (Wildman–Crippen MR) is 92.5 cm³/mol. The lowest BCUT2D eigenvalue weighted by Crippen LogP contribution is -2.53. The number of morpholine rings is 1. The predicted octanol–water partition coefficient (Wildman–Crippen LogP) is 1.08. The lowest BCUT2D eigenvalue weighted by molar-refractivity contribution is -0.0385. The normalized spacial score (nSPS) is 30.0. The van der Waals surface area contributed by atoms with Gasteiger partial charge in [-0.1, -0.05) is 6.42 Å². The molecule has 1 aromatic heterocycles. The third-order valence-electron chi connectivity index (χ3n) is 5.70. The third kappa shape index (κ3) is 3.35. The minimum Gasteiger partial charge on any atom is -0.393 e. The SMILES string of the molecule is O=C(c1ccnc(N2CCCC2)n1)N1CCOC[C@@H]1[C@H]1CCC[C@H]1O. The largest absolute Gasteiger partial charge is 0.393 e. The highest BCUT2D eigenvalue weighted by Gasteiger charge is 2.40. The molecule has 0 unspecified atom stereocenters. The van der Waals surface area contributed by atoms with Gasteiger partial charge in [-0.05, 0) is 31.7 Å². The zero-order valence-corrected chi connectivity index (χ0v) is 14.5. The number of amides is 1. The minimum absolute atomic E-state index is 0.0658. The van der Waals surface area contributed by atoms with Crippen LogP contribution in [-0.2, 0) is 4.74 Å². The molecule has 1 N–H and O–H groups in total. The van der Waals surface area contributed by atoms with Gasteiger partial charge in [-0.25, -0.2) is 9.97 Å². The minimum atomic E-state index is -0.340. The number of carbonyl (C=O) groups is 1. The summed E-state index contributed by atoms with van der Waals surface area (Å²) in [5.74, 6) is 0.674. The van der Waals surface area contributed by atoms with Crippen LogP contribution in [0.25, 0.3) is 0 Å². The van der Waals surface area contributed by atoms with Crippen molar-refractivity contribution in [3.8, 4) is 0 Å². The van der Waals surface area contributed by atoms with Crippen LogP contribution in [0.2, 0.25) is 0 Å². The van der Waals surface area contributed by atoms with E-state index in [-0.39, 0.29) is 24.0 Å². The van der Waals surface area contributed by atoms with E-state index in [2.05, 4.69) is 14.9 Å². The molecule has 4 rings (SSSR count). The number of aliphatic hydroxyl groups is 1. The fourth-order valence-electron chi connectivity index (χ4n) is 4.33. The Morgan fingerprint density at radius 1 is 1.20 bits per heavy atom. The standard InChI is InChI=1S/C18H26N4O3/c23-16-5-3-4-13(16)15-12-25-11-10-22(15)17(24)14-6-7-19-18(20-14)21-8-1-2-9-21/h6-7,13,15-16,23H,1-5,8-12H2/t13-,15-,16-/m1/s1. The number of rotatable bonds is 3. The molecule has 136 valence electrons. The molecule has 2 saturated heterocycles. The second kappa shape index (κ2) is 7.25. The zero-order valence-electron chi connectivity index (χ0n) is 14.5. The van der Waals surface area contributed by atoms with Gasteiger partial charge in [-0.3, -0.25) is 4.79 Å². The first kappa shape index (κ1) is 16.7. The molecule has 3 aliphatic rings. The molecule has 3 atom stereocenters. The van der Waals surface area contributed by atoms with Crippen LogP contribution in [-0.4, -0.2) is 70.9 Å². The molecule has 1 saturated carbocycles. The number of hydrogen-bond acceptors (Lipinski definition) is 6. The smallest absolute Gasteiger partial charge is 0.273 e. The van der Waals surface area contributed by atoms with Crippen LogP contribution < -0.4 is 4.90 Å². The average molecular weight is 346 g/mol. The van der Waals surface area contributed by atoms with E-state index in [1.807, 2.05) is 4.90 Å². The van der Waals surface area contributed by atoms with Crippen molar-refractivity contribution in [2.45, 2.75) is 44.2 Å². The molecule has 25 heavy (non-hydrogen) atoms. The fraction of sp³-hybridized carbons (Fsp3) is 0.722. The van der Waals surface area contributed by atoms with Crippen molar-refractivity contribution >= 4 is 11.9 Å². The van der Waals surface area contributed by atoms with Crippen LogP contribution in [0.3, 0.4) is 0 Å². The number of nitrogens with zero attached hydrogens (tertiary/aromatic N) is 4. The molecule has 0 bridgehead atoms. The van der Waals surface area contributed by atoms with Crippen molar-refractivity contribution in [3.63, 3.8) is 0 Å². The Hall–Kier alpha value is -1.73. The lowest BCUT2D eigenvalue weighted by Gasteiger charge is -2.39. The van der Waals surface area contributed by atoms with Crippen molar-refractivity contribution in [1.82, 2.24) is 14.9 Å². The maximum atomic E-state index is 13.1. The quantitative estimate of drug-likeness (QED) is 0.882. The summed E-state index contributed by atoms with van der Waals surface area (Å²) in [7, 11) is 0. The van der Waals surface area contributed by atoms with E-state index >= 15 is 0 Å². The number of aliphatic hydroxyl groups excluding tert-OH is 1. The van der Waals surface area contributed by atoms with Gasteiger partial charge in [0.25, 0.3) is 5.91 Å². The van der Waals surface area contributed by atoms with Gasteiger partial charge < -0.3 is 19.6 Å². The van der Waals surface area contributed by atoms with Crippen molar-refractivity contribution in [3.05, 3.63) is 18.0 Å². The summed E-state index contributed by atoms with van der Waals surface area (Å²) in [5.41, 5.74) is 0.441. The van der Waals surface area contributed by atoms with Gasteiger partial charge in [0.1, 0.15) is 5.69 Å². The average Bonchev–Trinajstić information content (AvgIpc) is 3.33. The van der Waals surface area contributed by atoms with Gasteiger partial charge in [0.15, 0.2) is 0 Å². The van der Waals surface area contributed by atoms with Gasteiger partial charge in [0.05, 0.1) is 25.4 Å². The molecule has 1 aromatic rings. The molecule has 7 heteroatoms. The van der Waals surface area contributed by atoms with Gasteiger partial charge >= 0.3 is 0 Å². The zero-order chi connectivity index (χ0) is 17.2. The molecule has 0 aromatic carbocycles. The van der Waals surface area contributed by atoms with E-state index in [1.165, 1.54) is 0 Å². The molecule has 1 amide bonds. The highest BCUT2D eigenvalue weighted by molar-refractivity contribution is 5.92. The second-order valence-corrected chi connectivity index (χ2v) is 7.24. The van der Waals surface area contributed by atoms with E-state index in [4.69, 9.17) is 4.74 Å². The molecular weight excluding hydrogens is 320 g/mol. The first-order valence-corrected chi connectivity index (χ1v) is 9.39. The number of aromatic nitrogens is 2. The topological polar surface area (TPSA) is 78.8 Å². The third-order valence-corrected chi connectivity index (χ3v) is 5.70. The number of carbonyl (C=O) groups excluding carboxylic acids is 1. The Morgan fingerprint density at radius 3 is 2.80 bits per heavy atom. The first-order valence-electron chi connectivity index (χ1n) is 9.39. The van der Waals surface area contributed by atoms with Crippen molar-refractivity contribution < 1.29 is 14.6 Å². The molecule has 2 aliphatic heterocycles. The van der Waals surface area contributed by atoms with Crippen LogP contribution in [0.5, 0.6) is 0 Å². The molecule has 3 fully saturated rings. The Kier molecular flexibility index (Phi) is 4.85. The molecule has 3 heterocycles. The van der Waals surface area contributed by atoms with Gasteiger partial charge in [-0.2, -0.15) is 0 Å². The van der Waals surface area contributed by atoms with Crippen LogP contribution in [0.15, 0.2) is 12.3 Å². The maximum absolute atomic E-state index is 13.1. The molecular formula is C18H26N4O3. The molecule has 7 nitrogen and oxygen atoms in total. The van der Waals surface area contributed by atoms with Crippen LogP contribution in [0.1, 0.15) is 42.6 Å². The van der Waals surface area contributed by atoms with Gasteiger partial charge in [0.2, 0.25) is 5.95 Å². The Bertz CT molecular complexity index is 620. The van der Waals surface area contributed by atoms with E-state index in [9.17, 15) is 9.90 Å². The summed E-state index contributed by atoms with van der Waals surface area (Å²) < 4.78 is 5.62. The fourth-order valence-corrected chi connectivity index (χ4v) is 4.33. The van der Waals surface area contributed by atoms with E-state index in [0.29, 0.717) is 31.4 Å². The van der Waals surface area contributed by atoms with Crippen molar-refractivity contribution in [1.29, 1.82) is 0 Å². The molecule has 0 radical (unpaired) electrons. The monoisotopic (exact) mass is 346 g/mol. The van der Waals surface area contributed by atoms with Crippen LogP contribution in [0.4, 0.5) is 5.95 Å². The summed E-state index contributed by atoms with van der Waals surface area (Å²) in [6.07, 6.45) is 6.40. The van der Waals surface area contributed by atoms with Crippen molar-refractivity contribution in [2.75, 3.05) is 37.7 Å². The Morgan fingerprint density at radius 2 is 2.04 bits per heavy atom. The molecule has 0 spiro atoms. The summed E-state index contributed by atoms with van der Waals surface area (Å²) in [5, 5.41) is 10.3. The van der Waals surface area contributed by atoms with E-state index < -0.39 is 0 Å². The summed E-state index contributed by atoms with van der Waals surface area (Å²) in [6.45, 7) is 3.49. The maximum Gasteiger partial charge on any atom is 0.273 e. The lowest BCUT2D eigenvalue weighted by atomic mass is 9.94. The van der Waals surface area contributed by atoms with Crippen LogP contribution >= 0.6 is 0 Å². The Labute approximate surface area is 148 Å². The highest BCUT2D eigenvalue weighted by atomic mass is 16.5.